The Labute approximate surface area is 176 Å². The summed E-state index contributed by atoms with van der Waals surface area (Å²) < 4.78 is 10.7. The third-order valence-electron chi connectivity index (χ3n) is 4.90. The normalized spacial score (nSPS) is 12.9. The van der Waals surface area contributed by atoms with Crippen LogP contribution in [-0.4, -0.2) is 44.0 Å². The van der Waals surface area contributed by atoms with Crippen molar-refractivity contribution < 1.29 is 19.1 Å². The van der Waals surface area contributed by atoms with E-state index < -0.39 is 0 Å². The summed E-state index contributed by atoms with van der Waals surface area (Å²) in [5.74, 6) is 0.383. The number of nitrogen functional groups attached to an aromatic ring is 1. The minimum absolute atomic E-state index is 0. The molecule has 1 saturated heterocycles. The van der Waals surface area contributed by atoms with Gasteiger partial charge >= 0.3 is 0 Å². The summed E-state index contributed by atoms with van der Waals surface area (Å²) in [6.07, 6.45) is 1.95. The Hall–Kier alpha value is -2.93. The largest absolute Gasteiger partial charge is 0.493 e. The molecule has 0 aliphatic carbocycles. The van der Waals surface area contributed by atoms with Gasteiger partial charge in [0.25, 0.3) is 11.8 Å². The van der Waals surface area contributed by atoms with E-state index in [1.165, 1.54) is 14.2 Å². The van der Waals surface area contributed by atoms with Crippen LogP contribution in [0.5, 0.6) is 11.5 Å². The average molecular weight is 420 g/mol. The lowest BCUT2D eigenvalue weighted by Crippen LogP contribution is -2.29. The van der Waals surface area contributed by atoms with Gasteiger partial charge in [-0.15, -0.1) is 12.4 Å². The Kier molecular flexibility index (Phi) is 7.34. The molecular formula is C21H26ClN3O4. The van der Waals surface area contributed by atoms with E-state index in [-0.39, 0.29) is 24.2 Å². The van der Waals surface area contributed by atoms with Crippen molar-refractivity contribution >= 4 is 35.6 Å². The summed E-state index contributed by atoms with van der Waals surface area (Å²) in [6, 6.07) is 8.37. The Balaban J connectivity index is 0.00000300. The number of methoxy groups -OCH3 is 2. The number of anilines is 2. The van der Waals surface area contributed by atoms with E-state index in [0.29, 0.717) is 47.1 Å². The molecule has 0 atom stereocenters. The molecular weight excluding hydrogens is 394 g/mol. The van der Waals surface area contributed by atoms with Crippen LogP contribution < -0.4 is 20.5 Å². The molecule has 1 aliphatic heterocycles. The molecule has 3 N–H and O–H groups in total. The fraction of sp³-hybridized carbons (Fsp3) is 0.333. The number of aryl methyl sites for hydroxylation is 1. The molecule has 0 spiro atoms. The number of benzene rings is 2. The highest BCUT2D eigenvalue weighted by Gasteiger charge is 2.25. The van der Waals surface area contributed by atoms with Gasteiger partial charge in [-0.05, 0) is 43.5 Å². The summed E-state index contributed by atoms with van der Waals surface area (Å²) in [6.45, 7) is 3.24. The molecule has 0 saturated carbocycles. The summed E-state index contributed by atoms with van der Waals surface area (Å²) in [5, 5.41) is 2.85. The number of amides is 2. The number of nitrogens with one attached hydrogen (secondary N) is 1. The number of carbonyl (C=O) groups is 2. The first kappa shape index (κ1) is 22.4. The van der Waals surface area contributed by atoms with Crippen molar-refractivity contribution in [1.82, 2.24) is 4.90 Å². The highest BCUT2D eigenvalue weighted by atomic mass is 35.5. The molecule has 1 fully saturated rings. The summed E-state index contributed by atoms with van der Waals surface area (Å²) in [5.41, 5.74) is 8.31. The van der Waals surface area contributed by atoms with Crippen molar-refractivity contribution in [3.05, 3.63) is 47.0 Å². The number of likely N-dealkylation sites (tertiary alicyclic amines) is 1. The van der Waals surface area contributed by atoms with Crippen LogP contribution in [0.3, 0.4) is 0 Å². The van der Waals surface area contributed by atoms with Crippen LogP contribution in [0.25, 0.3) is 0 Å². The maximum Gasteiger partial charge on any atom is 0.256 e. The van der Waals surface area contributed by atoms with E-state index in [4.69, 9.17) is 15.2 Å². The van der Waals surface area contributed by atoms with Gasteiger partial charge in [-0.25, -0.2) is 0 Å². The topological polar surface area (TPSA) is 93.9 Å². The second-order valence-corrected chi connectivity index (χ2v) is 6.78. The monoisotopic (exact) mass is 419 g/mol. The number of hydrogen-bond donors (Lipinski definition) is 2. The molecule has 156 valence electrons. The van der Waals surface area contributed by atoms with Crippen molar-refractivity contribution in [1.29, 1.82) is 0 Å². The Morgan fingerprint density at radius 3 is 2.24 bits per heavy atom. The molecule has 1 heterocycles. The van der Waals surface area contributed by atoms with Gasteiger partial charge in [0.15, 0.2) is 11.5 Å². The highest BCUT2D eigenvalue weighted by Crippen LogP contribution is 2.35. The number of nitrogens with zero attached hydrogens (tertiary/aromatic N) is 1. The zero-order valence-corrected chi connectivity index (χ0v) is 17.6. The lowest BCUT2D eigenvalue weighted by molar-refractivity contribution is 0.0793. The minimum Gasteiger partial charge on any atom is -0.493 e. The van der Waals surface area contributed by atoms with Crippen LogP contribution in [0.4, 0.5) is 11.4 Å². The van der Waals surface area contributed by atoms with Crippen LogP contribution in [0, 0.1) is 6.92 Å². The molecule has 2 amide bonds. The fourth-order valence-corrected chi connectivity index (χ4v) is 3.32. The quantitative estimate of drug-likeness (QED) is 0.723. The smallest absolute Gasteiger partial charge is 0.256 e. The maximum atomic E-state index is 13.0. The standard InChI is InChI=1S/C21H25N3O4.ClH/c1-13-6-7-14(22)10-15(13)20(25)23-17-12-19(28-3)18(27-2)11-16(17)21(26)24-8-4-5-9-24;/h6-7,10-12H,4-5,8-9,22H2,1-3H3,(H,23,25);1H. The fourth-order valence-electron chi connectivity index (χ4n) is 3.32. The van der Waals surface area contributed by atoms with Crippen molar-refractivity contribution in [2.24, 2.45) is 0 Å². The van der Waals surface area contributed by atoms with Gasteiger partial charge in [0.2, 0.25) is 0 Å². The first-order chi connectivity index (χ1) is 13.4. The van der Waals surface area contributed by atoms with E-state index in [0.717, 1.165) is 18.4 Å². The van der Waals surface area contributed by atoms with Gasteiger partial charge in [-0.3, -0.25) is 9.59 Å². The van der Waals surface area contributed by atoms with Crippen LogP contribution in [-0.2, 0) is 0 Å². The second-order valence-electron chi connectivity index (χ2n) is 6.78. The summed E-state index contributed by atoms with van der Waals surface area (Å²) in [4.78, 5) is 27.7. The van der Waals surface area contributed by atoms with Gasteiger partial charge in [0, 0.05) is 30.4 Å². The predicted molar refractivity (Wildman–Crippen MR) is 115 cm³/mol. The molecule has 2 aromatic rings. The molecule has 3 rings (SSSR count). The molecule has 0 radical (unpaired) electrons. The molecule has 0 bridgehead atoms. The van der Waals surface area contributed by atoms with Crippen LogP contribution in [0.15, 0.2) is 30.3 Å². The van der Waals surface area contributed by atoms with E-state index in [9.17, 15) is 9.59 Å². The lowest BCUT2D eigenvalue weighted by Gasteiger charge is -2.20. The Morgan fingerprint density at radius 2 is 1.62 bits per heavy atom. The van der Waals surface area contributed by atoms with Gasteiger partial charge in [0.1, 0.15) is 0 Å². The second kappa shape index (κ2) is 9.52. The third-order valence-corrected chi connectivity index (χ3v) is 4.90. The first-order valence-electron chi connectivity index (χ1n) is 9.17. The minimum atomic E-state index is -0.340. The zero-order chi connectivity index (χ0) is 20.3. The van der Waals surface area contributed by atoms with E-state index in [1.54, 1.807) is 35.2 Å². The number of halogens is 1. The number of ether oxygens (including phenoxy) is 2. The first-order valence-corrected chi connectivity index (χ1v) is 9.17. The Morgan fingerprint density at radius 1 is 1.00 bits per heavy atom. The predicted octanol–water partition coefficient (Wildman–Crippen LogP) is 3.50. The van der Waals surface area contributed by atoms with Crippen molar-refractivity contribution in [3.8, 4) is 11.5 Å². The lowest BCUT2D eigenvalue weighted by atomic mass is 10.1. The zero-order valence-electron chi connectivity index (χ0n) is 16.8. The highest BCUT2D eigenvalue weighted by molar-refractivity contribution is 6.10. The number of rotatable bonds is 5. The van der Waals surface area contributed by atoms with Crippen LogP contribution >= 0.6 is 12.4 Å². The molecule has 0 aromatic heterocycles. The van der Waals surface area contributed by atoms with Crippen LogP contribution in [0.2, 0.25) is 0 Å². The molecule has 7 nitrogen and oxygen atoms in total. The van der Waals surface area contributed by atoms with Crippen molar-refractivity contribution in [2.75, 3.05) is 38.4 Å². The molecule has 1 aliphatic rings. The molecule has 8 heteroatoms. The van der Waals surface area contributed by atoms with Gasteiger partial charge in [-0.1, -0.05) is 6.07 Å². The van der Waals surface area contributed by atoms with Gasteiger partial charge in [0.05, 0.1) is 25.5 Å². The average Bonchev–Trinajstić information content (AvgIpc) is 3.23. The number of nitrogens with two attached hydrogens (primary N) is 1. The van der Waals surface area contributed by atoms with Gasteiger partial charge in [-0.2, -0.15) is 0 Å². The number of hydrogen-bond acceptors (Lipinski definition) is 5. The van der Waals surface area contributed by atoms with Crippen molar-refractivity contribution in [3.63, 3.8) is 0 Å². The van der Waals surface area contributed by atoms with Gasteiger partial charge < -0.3 is 25.4 Å². The van der Waals surface area contributed by atoms with E-state index in [1.807, 2.05) is 6.92 Å². The molecule has 2 aromatic carbocycles. The number of carbonyl (C=O) groups excluding carboxylic acids is 2. The van der Waals surface area contributed by atoms with E-state index >= 15 is 0 Å². The molecule has 29 heavy (non-hydrogen) atoms. The molecule has 0 unspecified atom stereocenters. The maximum absolute atomic E-state index is 13.0. The summed E-state index contributed by atoms with van der Waals surface area (Å²) >= 11 is 0. The van der Waals surface area contributed by atoms with Crippen molar-refractivity contribution in [2.45, 2.75) is 19.8 Å². The van der Waals surface area contributed by atoms with E-state index in [2.05, 4.69) is 5.32 Å². The van der Waals surface area contributed by atoms with Crippen LogP contribution in [0.1, 0.15) is 39.1 Å². The summed E-state index contributed by atoms with van der Waals surface area (Å²) in [7, 11) is 3.02. The third kappa shape index (κ3) is 4.74. The Bertz CT molecular complexity index is 911. The SMILES string of the molecule is COc1cc(NC(=O)c2cc(N)ccc2C)c(C(=O)N2CCCC2)cc1OC.Cl.